The monoisotopic (exact) mass is 225 g/mol. The largest absolute Gasteiger partial charge is 0.330 e. The third-order valence-corrected chi connectivity index (χ3v) is 4.07. The molecule has 1 aromatic heterocycles. The molecule has 3 nitrogen and oxygen atoms in total. The van der Waals surface area contributed by atoms with E-state index in [2.05, 4.69) is 16.8 Å². The van der Waals surface area contributed by atoms with Gasteiger partial charge in [0.1, 0.15) is 0 Å². The van der Waals surface area contributed by atoms with E-state index in [4.69, 9.17) is 5.73 Å². The molecule has 2 N–H and O–H groups in total. The molecule has 84 valence electrons. The van der Waals surface area contributed by atoms with E-state index in [1.807, 2.05) is 5.51 Å². The molecule has 1 unspecified atom stereocenters. The van der Waals surface area contributed by atoms with Crippen LogP contribution in [-0.4, -0.2) is 29.5 Å². The number of rotatable bonds is 3. The fourth-order valence-corrected chi connectivity index (χ4v) is 2.99. The summed E-state index contributed by atoms with van der Waals surface area (Å²) >= 11 is 1.77. The van der Waals surface area contributed by atoms with Crippen molar-refractivity contribution in [1.82, 2.24) is 9.88 Å². The first-order valence-corrected chi connectivity index (χ1v) is 6.49. The van der Waals surface area contributed by atoms with Crippen molar-refractivity contribution in [2.75, 3.05) is 19.6 Å². The highest BCUT2D eigenvalue weighted by Gasteiger charge is 2.19. The number of nitrogens with zero attached hydrogens (tertiary/aromatic N) is 2. The first-order chi connectivity index (χ1) is 7.29. The highest BCUT2D eigenvalue weighted by molar-refractivity contribution is 7.09. The predicted molar refractivity (Wildman–Crippen MR) is 63.9 cm³/mol. The van der Waals surface area contributed by atoms with Crippen LogP contribution in [0.5, 0.6) is 0 Å². The lowest BCUT2D eigenvalue weighted by Crippen LogP contribution is -2.37. The number of likely N-dealkylation sites (tertiary alicyclic amines) is 1. The number of piperidine rings is 1. The standard InChI is InChI=1S/C11H19N3S/c1-9-11(15-8-13-9)7-14-4-2-3-10(5-12)6-14/h8,10H,2-7,12H2,1H3. The quantitative estimate of drug-likeness (QED) is 0.850. The van der Waals surface area contributed by atoms with Gasteiger partial charge in [-0.15, -0.1) is 11.3 Å². The van der Waals surface area contributed by atoms with Crippen LogP contribution in [0.1, 0.15) is 23.4 Å². The first-order valence-electron chi connectivity index (χ1n) is 5.61. The molecular formula is C11H19N3S. The van der Waals surface area contributed by atoms with Crippen molar-refractivity contribution in [3.63, 3.8) is 0 Å². The molecule has 2 heterocycles. The number of thiazole rings is 1. The van der Waals surface area contributed by atoms with Crippen molar-refractivity contribution in [3.8, 4) is 0 Å². The molecule has 1 fully saturated rings. The van der Waals surface area contributed by atoms with E-state index in [1.165, 1.54) is 30.0 Å². The highest BCUT2D eigenvalue weighted by Crippen LogP contribution is 2.20. The average Bonchev–Trinajstić information content (AvgIpc) is 2.65. The molecule has 0 spiro atoms. The summed E-state index contributed by atoms with van der Waals surface area (Å²) < 4.78 is 0. The molecule has 15 heavy (non-hydrogen) atoms. The Hall–Kier alpha value is -0.450. The number of hydrogen-bond donors (Lipinski definition) is 1. The second-order valence-electron chi connectivity index (χ2n) is 4.34. The molecular weight excluding hydrogens is 206 g/mol. The van der Waals surface area contributed by atoms with E-state index < -0.39 is 0 Å². The lowest BCUT2D eigenvalue weighted by molar-refractivity contribution is 0.172. The lowest BCUT2D eigenvalue weighted by atomic mass is 9.98. The molecule has 0 bridgehead atoms. The fourth-order valence-electron chi connectivity index (χ4n) is 2.17. The van der Waals surface area contributed by atoms with Crippen molar-refractivity contribution in [2.45, 2.75) is 26.3 Å². The van der Waals surface area contributed by atoms with Crippen LogP contribution >= 0.6 is 11.3 Å². The van der Waals surface area contributed by atoms with Crippen LogP contribution in [0.2, 0.25) is 0 Å². The maximum absolute atomic E-state index is 5.73. The second-order valence-corrected chi connectivity index (χ2v) is 5.28. The van der Waals surface area contributed by atoms with E-state index in [0.717, 1.165) is 19.6 Å². The van der Waals surface area contributed by atoms with Gasteiger partial charge in [0.2, 0.25) is 0 Å². The molecule has 0 aromatic carbocycles. The summed E-state index contributed by atoms with van der Waals surface area (Å²) in [6, 6.07) is 0. The van der Waals surface area contributed by atoms with Gasteiger partial charge >= 0.3 is 0 Å². The molecule has 1 saturated heterocycles. The fraction of sp³-hybridized carbons (Fsp3) is 0.727. The summed E-state index contributed by atoms with van der Waals surface area (Å²) in [7, 11) is 0. The van der Waals surface area contributed by atoms with E-state index >= 15 is 0 Å². The second kappa shape index (κ2) is 5.05. The van der Waals surface area contributed by atoms with Crippen LogP contribution in [-0.2, 0) is 6.54 Å². The smallest absolute Gasteiger partial charge is 0.0798 e. The van der Waals surface area contributed by atoms with Gasteiger partial charge in [-0.1, -0.05) is 0 Å². The number of aryl methyl sites for hydroxylation is 1. The molecule has 1 aromatic rings. The van der Waals surface area contributed by atoms with Crippen molar-refractivity contribution < 1.29 is 0 Å². The number of hydrogen-bond acceptors (Lipinski definition) is 4. The maximum Gasteiger partial charge on any atom is 0.0798 e. The molecule has 1 aliphatic rings. The Labute approximate surface area is 95.3 Å². The Morgan fingerprint density at radius 3 is 3.20 bits per heavy atom. The van der Waals surface area contributed by atoms with E-state index in [9.17, 15) is 0 Å². The summed E-state index contributed by atoms with van der Waals surface area (Å²) in [5.41, 5.74) is 8.86. The van der Waals surface area contributed by atoms with Crippen molar-refractivity contribution >= 4 is 11.3 Å². The van der Waals surface area contributed by atoms with Gasteiger partial charge in [-0.25, -0.2) is 4.98 Å². The Kier molecular flexibility index (Phi) is 3.72. The number of aromatic nitrogens is 1. The Morgan fingerprint density at radius 1 is 1.67 bits per heavy atom. The maximum atomic E-state index is 5.73. The van der Waals surface area contributed by atoms with Gasteiger partial charge in [0.25, 0.3) is 0 Å². The zero-order valence-corrected chi connectivity index (χ0v) is 10.1. The number of nitrogens with two attached hydrogens (primary N) is 1. The molecule has 1 atom stereocenters. The minimum atomic E-state index is 0.701. The topological polar surface area (TPSA) is 42.2 Å². The molecule has 0 radical (unpaired) electrons. The van der Waals surface area contributed by atoms with E-state index in [0.29, 0.717) is 5.92 Å². The molecule has 1 aliphatic heterocycles. The zero-order valence-electron chi connectivity index (χ0n) is 9.28. The van der Waals surface area contributed by atoms with Crippen molar-refractivity contribution in [2.24, 2.45) is 11.7 Å². The van der Waals surface area contributed by atoms with Crippen molar-refractivity contribution in [1.29, 1.82) is 0 Å². The average molecular weight is 225 g/mol. The molecule has 4 heteroatoms. The highest BCUT2D eigenvalue weighted by atomic mass is 32.1. The summed E-state index contributed by atoms with van der Waals surface area (Å²) in [6.07, 6.45) is 2.59. The van der Waals surface area contributed by atoms with Gasteiger partial charge in [0, 0.05) is 18.0 Å². The van der Waals surface area contributed by atoms with Crippen LogP contribution in [0.4, 0.5) is 0 Å². The molecule has 0 aliphatic carbocycles. The van der Waals surface area contributed by atoms with Crippen LogP contribution in [0.3, 0.4) is 0 Å². The van der Waals surface area contributed by atoms with Gasteiger partial charge in [-0.3, -0.25) is 4.90 Å². The summed E-state index contributed by atoms with van der Waals surface area (Å²) in [6.45, 7) is 6.36. The third kappa shape index (κ3) is 2.77. The zero-order chi connectivity index (χ0) is 10.7. The third-order valence-electron chi connectivity index (χ3n) is 3.15. The Morgan fingerprint density at radius 2 is 2.53 bits per heavy atom. The Bertz CT molecular complexity index is 311. The summed E-state index contributed by atoms with van der Waals surface area (Å²) in [5, 5.41) is 0. The van der Waals surface area contributed by atoms with Gasteiger partial charge in [0.15, 0.2) is 0 Å². The van der Waals surface area contributed by atoms with Crippen LogP contribution < -0.4 is 5.73 Å². The van der Waals surface area contributed by atoms with Gasteiger partial charge < -0.3 is 5.73 Å². The minimum Gasteiger partial charge on any atom is -0.330 e. The van der Waals surface area contributed by atoms with Crippen molar-refractivity contribution in [3.05, 3.63) is 16.1 Å². The van der Waals surface area contributed by atoms with Crippen LogP contribution in [0.25, 0.3) is 0 Å². The van der Waals surface area contributed by atoms with Crippen LogP contribution in [0, 0.1) is 12.8 Å². The predicted octanol–water partition coefficient (Wildman–Crippen LogP) is 1.62. The Balaban J connectivity index is 1.92. The minimum absolute atomic E-state index is 0.701. The lowest BCUT2D eigenvalue weighted by Gasteiger charge is -2.31. The summed E-state index contributed by atoms with van der Waals surface area (Å²) in [5.74, 6) is 0.701. The van der Waals surface area contributed by atoms with Gasteiger partial charge in [-0.05, 0) is 38.8 Å². The molecule has 0 saturated carbocycles. The van der Waals surface area contributed by atoms with E-state index in [-0.39, 0.29) is 0 Å². The van der Waals surface area contributed by atoms with E-state index in [1.54, 1.807) is 11.3 Å². The SMILES string of the molecule is Cc1ncsc1CN1CCCC(CN)C1. The molecule has 0 amide bonds. The summed E-state index contributed by atoms with van der Waals surface area (Å²) in [4.78, 5) is 8.21. The van der Waals surface area contributed by atoms with Crippen LogP contribution in [0.15, 0.2) is 5.51 Å². The van der Waals surface area contributed by atoms with Gasteiger partial charge in [0.05, 0.1) is 11.2 Å². The normalized spacial score (nSPS) is 23.2. The first kappa shape index (κ1) is 11.0. The molecule has 2 rings (SSSR count). The van der Waals surface area contributed by atoms with Gasteiger partial charge in [-0.2, -0.15) is 0 Å².